The summed E-state index contributed by atoms with van der Waals surface area (Å²) in [5, 5.41) is 0. The predicted octanol–water partition coefficient (Wildman–Crippen LogP) is 9.77. The van der Waals surface area contributed by atoms with E-state index in [0.29, 0.717) is 51.5 Å². The van der Waals surface area contributed by atoms with Crippen LogP contribution in [-0.4, -0.2) is 15.0 Å². The third-order valence-corrected chi connectivity index (χ3v) is 8.02. The molecule has 1 spiro atoms. The Morgan fingerprint density at radius 2 is 1.00 bits per heavy atom. The van der Waals surface area contributed by atoms with Gasteiger partial charge in [-0.25, -0.2) is 15.0 Å². The van der Waals surface area contributed by atoms with Gasteiger partial charge in [0.2, 0.25) is 0 Å². The summed E-state index contributed by atoms with van der Waals surface area (Å²) >= 11 is 0. The Kier molecular flexibility index (Phi) is 4.32. The topological polar surface area (TPSA) is 38.7 Å². The van der Waals surface area contributed by atoms with E-state index in [-0.39, 0.29) is 54.0 Å². The second-order valence-corrected chi connectivity index (χ2v) is 10.6. The molecular formula is C39H31N3. The van der Waals surface area contributed by atoms with Crippen LogP contribution in [0.2, 0.25) is 0 Å². The molecule has 0 unspecified atom stereocenters. The highest BCUT2D eigenvalue weighted by atomic mass is 15.0. The Hall–Kier alpha value is -4.89. The number of hydrogen-bond acceptors (Lipinski definition) is 3. The van der Waals surface area contributed by atoms with Gasteiger partial charge in [0.25, 0.3) is 0 Å². The van der Waals surface area contributed by atoms with Crippen molar-refractivity contribution in [1.29, 1.82) is 0 Å². The van der Waals surface area contributed by atoms with Crippen LogP contribution in [0, 0.1) is 0 Å². The van der Waals surface area contributed by atoms with E-state index in [1.807, 2.05) is 84.9 Å². The maximum atomic E-state index is 9.27. The van der Waals surface area contributed by atoms with Crippen molar-refractivity contribution in [2.75, 3.05) is 0 Å². The molecule has 0 N–H and O–H groups in total. The van der Waals surface area contributed by atoms with Gasteiger partial charge in [0.1, 0.15) is 0 Å². The molecule has 1 fully saturated rings. The Labute approximate surface area is 258 Å². The lowest BCUT2D eigenvalue weighted by atomic mass is 9.67. The summed E-state index contributed by atoms with van der Waals surface area (Å²) in [6.07, 6.45) is -3.09. The average molecular weight is 550 g/mol. The van der Waals surface area contributed by atoms with E-state index in [0.717, 1.165) is 5.56 Å². The molecule has 2 aliphatic carbocycles. The molecule has 0 radical (unpaired) electrons. The molecule has 8 rings (SSSR count). The van der Waals surface area contributed by atoms with Crippen LogP contribution in [-0.2, 0) is 5.41 Å². The smallest absolute Gasteiger partial charge is 0.164 e. The molecule has 42 heavy (non-hydrogen) atoms. The van der Waals surface area contributed by atoms with E-state index in [9.17, 15) is 11.0 Å². The van der Waals surface area contributed by atoms with Crippen molar-refractivity contribution in [3.8, 4) is 56.4 Å². The molecule has 1 heterocycles. The molecule has 0 bridgehead atoms. The van der Waals surface area contributed by atoms with E-state index in [1.54, 1.807) is 18.2 Å². The van der Waals surface area contributed by atoms with Crippen LogP contribution in [0.1, 0.15) is 54.1 Å². The number of benzene rings is 5. The molecule has 0 atom stereocenters. The van der Waals surface area contributed by atoms with Crippen LogP contribution in [0.25, 0.3) is 56.4 Å². The van der Waals surface area contributed by atoms with Crippen molar-refractivity contribution in [1.82, 2.24) is 15.0 Å². The molecular weight excluding hydrogens is 510 g/mol. The fraction of sp³-hybridized carbons (Fsp3) is 0.154. The van der Waals surface area contributed by atoms with Gasteiger partial charge in [0.15, 0.2) is 17.5 Å². The molecule has 3 nitrogen and oxygen atoms in total. The van der Waals surface area contributed by atoms with Gasteiger partial charge in [-0.2, -0.15) is 0 Å². The summed E-state index contributed by atoms with van der Waals surface area (Å²) in [5.74, 6) is 0.665. The van der Waals surface area contributed by atoms with Gasteiger partial charge in [-0.05, 0) is 52.2 Å². The van der Waals surface area contributed by atoms with E-state index in [1.165, 1.54) is 0 Å². The first-order valence-electron chi connectivity index (χ1n) is 18.2. The van der Waals surface area contributed by atoms with Crippen LogP contribution in [0.5, 0.6) is 0 Å². The normalized spacial score (nSPS) is 20.0. The molecule has 1 aromatic heterocycles. The van der Waals surface area contributed by atoms with E-state index in [4.69, 9.17) is 0 Å². The Morgan fingerprint density at radius 1 is 0.476 bits per heavy atom. The standard InChI is InChI=1S/C39H31N3/c1-4-12-28(13-5-1)36-40-37(29-14-6-2-7-15-29)42-38(41-36)30-20-18-27(19-21-30)31-22-23-33-32-16-8-9-17-34(32)39(35(33)26-31)24-10-3-11-25-39/h1-2,4-9,12-23,26H,3,10-11,24-25H2/i18D,19D,20D,21D,24D2,25D2. The fourth-order valence-corrected chi connectivity index (χ4v) is 6.01. The first-order chi connectivity index (χ1) is 24.0. The minimum absolute atomic E-state index is 0.00760. The molecule has 6 aromatic rings. The lowest BCUT2D eigenvalue weighted by Crippen LogP contribution is -2.28. The fourth-order valence-electron chi connectivity index (χ4n) is 6.01. The third-order valence-electron chi connectivity index (χ3n) is 8.02. The summed E-state index contributed by atoms with van der Waals surface area (Å²) in [6.45, 7) is 0. The van der Waals surface area contributed by atoms with E-state index in [2.05, 4.69) is 15.0 Å². The molecule has 0 aliphatic heterocycles. The summed E-state index contributed by atoms with van der Waals surface area (Å²) in [6, 6.07) is 29.9. The number of nitrogens with zero attached hydrogens (tertiary/aromatic N) is 3. The molecule has 0 amide bonds. The van der Waals surface area contributed by atoms with E-state index >= 15 is 0 Å². The maximum absolute atomic E-state index is 9.27. The molecule has 202 valence electrons. The summed E-state index contributed by atoms with van der Waals surface area (Å²) in [5.41, 5.74) is 2.63. The number of fused-ring (bicyclic) bond motifs is 5. The van der Waals surface area contributed by atoms with Crippen molar-refractivity contribution in [2.45, 2.75) is 37.4 Å². The van der Waals surface area contributed by atoms with Crippen molar-refractivity contribution >= 4 is 0 Å². The van der Waals surface area contributed by atoms with Crippen molar-refractivity contribution in [3.05, 3.63) is 138 Å². The first kappa shape index (κ1) is 17.8. The lowest BCUT2D eigenvalue weighted by molar-refractivity contribution is 0.353. The highest BCUT2D eigenvalue weighted by Gasteiger charge is 2.43. The zero-order chi connectivity index (χ0) is 35.0. The number of aromatic nitrogens is 3. The Morgan fingerprint density at radius 3 is 1.64 bits per heavy atom. The highest BCUT2D eigenvalue weighted by molar-refractivity contribution is 5.84. The van der Waals surface area contributed by atoms with Gasteiger partial charge >= 0.3 is 0 Å². The second kappa shape index (κ2) is 10.2. The number of rotatable bonds is 4. The molecule has 3 heteroatoms. The molecule has 2 aliphatic rings. The van der Waals surface area contributed by atoms with Gasteiger partial charge < -0.3 is 0 Å². The Balaban J connectivity index is 1.34. The van der Waals surface area contributed by atoms with Gasteiger partial charge in [-0.15, -0.1) is 0 Å². The lowest BCUT2D eigenvalue weighted by Gasteiger charge is -2.36. The average Bonchev–Trinajstić information content (AvgIpc) is 3.42. The van der Waals surface area contributed by atoms with Crippen LogP contribution in [0.15, 0.2) is 127 Å². The zero-order valence-electron chi connectivity index (χ0n) is 30.8. The molecule has 0 saturated heterocycles. The van der Waals surface area contributed by atoms with E-state index < -0.39 is 18.2 Å². The largest absolute Gasteiger partial charge is 0.208 e. The van der Waals surface area contributed by atoms with Gasteiger partial charge in [0.05, 0.1) is 5.48 Å². The molecule has 1 saturated carbocycles. The quantitative estimate of drug-likeness (QED) is 0.220. The monoisotopic (exact) mass is 549 g/mol. The second-order valence-electron chi connectivity index (χ2n) is 10.6. The number of hydrogen-bond donors (Lipinski definition) is 0. The van der Waals surface area contributed by atoms with Crippen LogP contribution < -0.4 is 0 Å². The van der Waals surface area contributed by atoms with Crippen LogP contribution >= 0.6 is 0 Å². The summed E-state index contributed by atoms with van der Waals surface area (Å²) < 4.78 is 73.8. The van der Waals surface area contributed by atoms with Crippen molar-refractivity contribution in [3.63, 3.8) is 0 Å². The maximum Gasteiger partial charge on any atom is 0.164 e. The summed E-state index contributed by atoms with van der Waals surface area (Å²) in [4.78, 5) is 14.0. The van der Waals surface area contributed by atoms with Crippen molar-refractivity contribution < 1.29 is 11.0 Å². The van der Waals surface area contributed by atoms with Gasteiger partial charge in [-0.1, -0.05) is 140 Å². The Bertz CT molecular complexity index is 2210. The predicted molar refractivity (Wildman–Crippen MR) is 171 cm³/mol. The van der Waals surface area contributed by atoms with Gasteiger partial charge in [-0.3, -0.25) is 0 Å². The van der Waals surface area contributed by atoms with Crippen molar-refractivity contribution in [2.24, 2.45) is 0 Å². The van der Waals surface area contributed by atoms with Crippen LogP contribution in [0.3, 0.4) is 0 Å². The highest BCUT2D eigenvalue weighted by Crippen LogP contribution is 2.56. The SMILES string of the molecule is [2H]c1c([2H])c(-c2nc(-c3ccccc3)nc(-c3ccccc3)n2)c([2H])c([2H])c1-c1ccc2c(c1)C1(c3ccccc3-2)C([2H])([2H])CCCC1([2H])[2H]. The van der Waals surface area contributed by atoms with Crippen LogP contribution in [0.4, 0.5) is 0 Å². The minimum Gasteiger partial charge on any atom is -0.208 e. The summed E-state index contributed by atoms with van der Waals surface area (Å²) in [7, 11) is 0. The minimum atomic E-state index is -1.93. The zero-order valence-corrected chi connectivity index (χ0v) is 22.8. The van der Waals surface area contributed by atoms with Gasteiger partial charge in [0, 0.05) is 27.6 Å². The third kappa shape index (κ3) is 4.16. The first-order valence-corrected chi connectivity index (χ1v) is 14.2. The molecule has 5 aromatic carbocycles.